The van der Waals surface area contributed by atoms with Gasteiger partial charge in [0, 0.05) is 30.1 Å². The molecule has 0 radical (unpaired) electrons. The molecule has 2 N–H and O–H groups in total. The van der Waals surface area contributed by atoms with Crippen molar-refractivity contribution in [3.8, 4) is 0 Å². The quantitative estimate of drug-likeness (QED) is 0.754. The lowest BCUT2D eigenvalue weighted by Crippen LogP contribution is -2.26. The SMILES string of the molecule is CCc1occc1C(=O)NCCc1c[nH]c2ccccc12. The lowest BCUT2D eigenvalue weighted by molar-refractivity contribution is 0.0952. The van der Waals surface area contributed by atoms with Gasteiger partial charge in [-0.15, -0.1) is 0 Å². The van der Waals surface area contributed by atoms with Crippen LogP contribution in [0.25, 0.3) is 10.9 Å². The predicted octanol–water partition coefficient (Wildman–Crippen LogP) is 3.30. The largest absolute Gasteiger partial charge is 0.469 e. The Labute approximate surface area is 123 Å². The van der Waals surface area contributed by atoms with Gasteiger partial charge < -0.3 is 14.7 Å². The van der Waals surface area contributed by atoms with E-state index in [-0.39, 0.29) is 5.91 Å². The van der Waals surface area contributed by atoms with Crippen LogP contribution in [0.15, 0.2) is 47.2 Å². The van der Waals surface area contributed by atoms with E-state index in [1.807, 2.05) is 25.3 Å². The van der Waals surface area contributed by atoms with Crippen molar-refractivity contribution in [3.63, 3.8) is 0 Å². The number of H-pyrrole nitrogens is 1. The Balaban J connectivity index is 1.62. The third-order valence-corrected chi connectivity index (χ3v) is 3.67. The molecule has 3 aromatic rings. The zero-order valence-electron chi connectivity index (χ0n) is 12.0. The van der Waals surface area contributed by atoms with Crippen molar-refractivity contribution in [3.05, 3.63) is 59.7 Å². The van der Waals surface area contributed by atoms with E-state index in [0.717, 1.165) is 24.1 Å². The standard InChI is InChI=1S/C17H18N2O2/c1-2-16-14(8-10-21-16)17(20)18-9-7-12-11-19-15-6-4-3-5-13(12)15/h3-6,8,10-11,19H,2,7,9H2,1H3,(H,18,20). The molecule has 4 heteroatoms. The van der Waals surface area contributed by atoms with Crippen molar-refractivity contribution in [2.24, 2.45) is 0 Å². The molecular formula is C17H18N2O2. The van der Waals surface area contributed by atoms with E-state index in [1.54, 1.807) is 12.3 Å². The van der Waals surface area contributed by atoms with Gasteiger partial charge in [-0.1, -0.05) is 25.1 Å². The van der Waals surface area contributed by atoms with E-state index in [2.05, 4.69) is 22.4 Å². The minimum Gasteiger partial charge on any atom is -0.469 e. The van der Waals surface area contributed by atoms with Crippen molar-refractivity contribution in [1.29, 1.82) is 0 Å². The maximum Gasteiger partial charge on any atom is 0.254 e. The Kier molecular flexibility index (Phi) is 3.77. The minimum absolute atomic E-state index is 0.0690. The lowest BCUT2D eigenvalue weighted by Gasteiger charge is -2.04. The van der Waals surface area contributed by atoms with Crippen molar-refractivity contribution in [2.45, 2.75) is 19.8 Å². The van der Waals surface area contributed by atoms with Gasteiger partial charge in [0.15, 0.2) is 0 Å². The summed E-state index contributed by atoms with van der Waals surface area (Å²) in [6, 6.07) is 9.90. The molecule has 0 unspecified atom stereocenters. The molecule has 1 amide bonds. The molecule has 108 valence electrons. The van der Waals surface area contributed by atoms with Gasteiger partial charge in [-0.3, -0.25) is 4.79 Å². The number of aromatic nitrogens is 1. The van der Waals surface area contributed by atoms with Gasteiger partial charge in [-0.2, -0.15) is 0 Å². The number of nitrogens with one attached hydrogen (secondary N) is 2. The Hall–Kier alpha value is -2.49. The fourth-order valence-electron chi connectivity index (χ4n) is 2.56. The number of furan rings is 1. The molecule has 21 heavy (non-hydrogen) atoms. The highest BCUT2D eigenvalue weighted by Gasteiger charge is 2.12. The summed E-state index contributed by atoms with van der Waals surface area (Å²) in [5, 5.41) is 4.16. The monoisotopic (exact) mass is 282 g/mol. The Morgan fingerprint density at radius 2 is 2.14 bits per heavy atom. The van der Waals surface area contributed by atoms with Gasteiger partial charge in [0.25, 0.3) is 5.91 Å². The second-order valence-electron chi connectivity index (χ2n) is 4.98. The number of carbonyl (C=O) groups excluding carboxylic acids is 1. The molecule has 0 bridgehead atoms. The summed E-state index contributed by atoms with van der Waals surface area (Å²) >= 11 is 0. The van der Waals surface area contributed by atoms with Crippen molar-refractivity contribution in [1.82, 2.24) is 10.3 Å². The van der Waals surface area contributed by atoms with Gasteiger partial charge >= 0.3 is 0 Å². The van der Waals surface area contributed by atoms with E-state index in [0.29, 0.717) is 12.1 Å². The number of hydrogen-bond donors (Lipinski definition) is 2. The average Bonchev–Trinajstić information content (AvgIpc) is 3.14. The van der Waals surface area contributed by atoms with E-state index in [9.17, 15) is 4.79 Å². The fraction of sp³-hybridized carbons (Fsp3) is 0.235. The van der Waals surface area contributed by atoms with Crippen LogP contribution in [-0.2, 0) is 12.8 Å². The van der Waals surface area contributed by atoms with Gasteiger partial charge in [-0.25, -0.2) is 0 Å². The molecule has 3 rings (SSSR count). The topological polar surface area (TPSA) is 58.0 Å². The van der Waals surface area contributed by atoms with Gasteiger partial charge in [0.1, 0.15) is 5.76 Å². The number of aromatic amines is 1. The van der Waals surface area contributed by atoms with Crippen LogP contribution in [0.4, 0.5) is 0 Å². The first-order valence-corrected chi connectivity index (χ1v) is 7.19. The molecule has 0 aliphatic rings. The number of aryl methyl sites for hydroxylation is 1. The first-order chi connectivity index (χ1) is 10.3. The number of fused-ring (bicyclic) bond motifs is 1. The molecule has 4 nitrogen and oxygen atoms in total. The maximum atomic E-state index is 12.1. The molecule has 0 saturated heterocycles. The Morgan fingerprint density at radius 3 is 3.00 bits per heavy atom. The average molecular weight is 282 g/mol. The highest BCUT2D eigenvalue weighted by molar-refractivity contribution is 5.95. The molecule has 0 aliphatic carbocycles. The molecular weight excluding hydrogens is 264 g/mol. The first kappa shape index (κ1) is 13.5. The molecule has 2 aromatic heterocycles. The summed E-state index contributed by atoms with van der Waals surface area (Å²) in [5.74, 6) is 0.667. The van der Waals surface area contributed by atoms with Crippen LogP contribution in [0.3, 0.4) is 0 Å². The zero-order chi connectivity index (χ0) is 14.7. The summed E-state index contributed by atoms with van der Waals surface area (Å²) in [4.78, 5) is 15.3. The van der Waals surface area contributed by atoms with E-state index < -0.39 is 0 Å². The summed E-state index contributed by atoms with van der Waals surface area (Å²) in [7, 11) is 0. The third kappa shape index (κ3) is 2.70. The summed E-state index contributed by atoms with van der Waals surface area (Å²) < 4.78 is 5.28. The number of amides is 1. The molecule has 1 aromatic carbocycles. The number of hydrogen-bond acceptors (Lipinski definition) is 2. The van der Waals surface area contributed by atoms with Crippen LogP contribution in [0.5, 0.6) is 0 Å². The van der Waals surface area contributed by atoms with Gasteiger partial charge in [0.05, 0.1) is 11.8 Å². The van der Waals surface area contributed by atoms with Gasteiger partial charge in [-0.05, 0) is 24.1 Å². The predicted molar refractivity (Wildman–Crippen MR) is 82.4 cm³/mol. The van der Waals surface area contributed by atoms with Crippen molar-refractivity contribution < 1.29 is 9.21 Å². The van der Waals surface area contributed by atoms with Crippen LogP contribution >= 0.6 is 0 Å². The first-order valence-electron chi connectivity index (χ1n) is 7.19. The van der Waals surface area contributed by atoms with Crippen LogP contribution < -0.4 is 5.32 Å². The normalized spacial score (nSPS) is 10.9. The summed E-state index contributed by atoms with van der Waals surface area (Å²) in [6.45, 7) is 2.58. The van der Waals surface area contributed by atoms with Crippen LogP contribution in [-0.4, -0.2) is 17.4 Å². The maximum absolute atomic E-state index is 12.1. The molecule has 2 heterocycles. The Morgan fingerprint density at radius 1 is 1.29 bits per heavy atom. The smallest absolute Gasteiger partial charge is 0.254 e. The Bertz CT molecular complexity index is 755. The van der Waals surface area contributed by atoms with E-state index in [4.69, 9.17) is 4.42 Å². The van der Waals surface area contributed by atoms with Crippen molar-refractivity contribution in [2.75, 3.05) is 6.54 Å². The van der Waals surface area contributed by atoms with Crippen LogP contribution in [0, 0.1) is 0 Å². The molecule has 0 atom stereocenters. The second kappa shape index (κ2) is 5.87. The third-order valence-electron chi connectivity index (χ3n) is 3.67. The molecule has 0 saturated carbocycles. The molecule has 0 fully saturated rings. The van der Waals surface area contributed by atoms with E-state index in [1.165, 1.54) is 10.9 Å². The molecule has 0 aliphatic heterocycles. The second-order valence-corrected chi connectivity index (χ2v) is 4.98. The van der Waals surface area contributed by atoms with Crippen LogP contribution in [0.2, 0.25) is 0 Å². The molecule has 0 spiro atoms. The fourth-order valence-corrected chi connectivity index (χ4v) is 2.56. The van der Waals surface area contributed by atoms with Crippen LogP contribution in [0.1, 0.15) is 28.6 Å². The highest BCUT2D eigenvalue weighted by atomic mass is 16.3. The van der Waals surface area contributed by atoms with E-state index >= 15 is 0 Å². The highest BCUT2D eigenvalue weighted by Crippen LogP contribution is 2.17. The lowest BCUT2D eigenvalue weighted by atomic mass is 10.1. The van der Waals surface area contributed by atoms with Crippen molar-refractivity contribution >= 4 is 16.8 Å². The summed E-state index contributed by atoms with van der Waals surface area (Å²) in [5.41, 5.74) is 2.98. The number of para-hydroxylation sites is 1. The zero-order valence-corrected chi connectivity index (χ0v) is 12.0. The summed E-state index contributed by atoms with van der Waals surface area (Å²) in [6.07, 6.45) is 5.09. The van der Waals surface area contributed by atoms with Gasteiger partial charge in [0.2, 0.25) is 0 Å². The minimum atomic E-state index is -0.0690. The number of benzene rings is 1. The number of carbonyl (C=O) groups is 1. The number of rotatable bonds is 5.